The zero-order chi connectivity index (χ0) is 15.5. The Bertz CT molecular complexity index is 684. The third-order valence-corrected chi connectivity index (χ3v) is 3.87. The van der Waals surface area contributed by atoms with Crippen LogP contribution in [0.25, 0.3) is 0 Å². The summed E-state index contributed by atoms with van der Waals surface area (Å²) in [5.41, 5.74) is 1.70. The van der Waals surface area contributed by atoms with Gasteiger partial charge in [0.15, 0.2) is 0 Å². The Kier molecular flexibility index (Phi) is 3.86. The van der Waals surface area contributed by atoms with Gasteiger partial charge in [0.25, 0.3) is 0 Å². The summed E-state index contributed by atoms with van der Waals surface area (Å²) in [6.07, 6.45) is 3.25. The van der Waals surface area contributed by atoms with Crippen molar-refractivity contribution >= 4 is 11.9 Å². The molecule has 1 amide bonds. The normalized spacial score (nSPS) is 17.1. The number of carboxylic acid groups (broad SMARTS) is 1. The first-order valence-corrected chi connectivity index (χ1v) is 7.06. The molecule has 1 aromatic heterocycles. The summed E-state index contributed by atoms with van der Waals surface area (Å²) in [5, 5.41) is 13.4. The van der Waals surface area contributed by atoms with E-state index in [2.05, 4.69) is 10.1 Å². The molecule has 1 N–H and O–H groups in total. The quantitative estimate of drug-likeness (QED) is 0.905. The van der Waals surface area contributed by atoms with Crippen molar-refractivity contribution in [3.63, 3.8) is 0 Å². The number of carboxylic acids is 1. The minimum absolute atomic E-state index is 0.0729. The Morgan fingerprint density at radius 1 is 1.32 bits per heavy atom. The summed E-state index contributed by atoms with van der Waals surface area (Å²) < 4.78 is 1.59. The molecule has 3 rings (SSSR count). The number of carbonyl (C=O) groups is 2. The van der Waals surface area contributed by atoms with Crippen LogP contribution in [0.15, 0.2) is 36.9 Å². The van der Waals surface area contributed by atoms with Gasteiger partial charge in [0, 0.05) is 19.5 Å². The van der Waals surface area contributed by atoms with E-state index in [9.17, 15) is 14.7 Å². The predicted octanol–water partition coefficient (Wildman–Crippen LogP) is 0.879. The van der Waals surface area contributed by atoms with Crippen LogP contribution in [0.1, 0.15) is 23.5 Å². The average molecular weight is 300 g/mol. The van der Waals surface area contributed by atoms with E-state index < -0.39 is 11.9 Å². The van der Waals surface area contributed by atoms with Gasteiger partial charge in [0.2, 0.25) is 5.91 Å². The van der Waals surface area contributed by atoms with E-state index in [1.54, 1.807) is 15.9 Å². The number of nitrogens with zero attached hydrogens (tertiary/aromatic N) is 4. The Morgan fingerprint density at radius 2 is 2.14 bits per heavy atom. The van der Waals surface area contributed by atoms with E-state index in [4.69, 9.17) is 0 Å². The molecule has 0 aliphatic carbocycles. The number of aromatic nitrogens is 3. The van der Waals surface area contributed by atoms with Crippen LogP contribution in [-0.4, -0.2) is 43.2 Å². The molecule has 1 atom stereocenters. The zero-order valence-corrected chi connectivity index (χ0v) is 11.9. The molecule has 1 aliphatic heterocycles. The standard InChI is InChI=1S/C15H16N4O3/c20-14(5-6-19-10-16-9-17-19)18-7-11-3-1-2-4-12(11)13(8-18)15(21)22/h1-4,9-10,13H,5-8H2,(H,21,22)/t13-/m1/s1. The highest BCUT2D eigenvalue weighted by atomic mass is 16.4. The molecule has 0 spiro atoms. The van der Waals surface area contributed by atoms with Gasteiger partial charge in [0.1, 0.15) is 12.7 Å². The largest absolute Gasteiger partial charge is 0.481 e. The monoisotopic (exact) mass is 300 g/mol. The topological polar surface area (TPSA) is 88.3 Å². The Balaban J connectivity index is 1.73. The number of hydrogen-bond donors (Lipinski definition) is 1. The van der Waals surface area contributed by atoms with Crippen molar-refractivity contribution in [2.75, 3.05) is 6.54 Å². The van der Waals surface area contributed by atoms with E-state index in [0.29, 0.717) is 13.1 Å². The van der Waals surface area contributed by atoms with E-state index >= 15 is 0 Å². The lowest BCUT2D eigenvalue weighted by molar-refractivity contribution is -0.141. The molecule has 0 bridgehead atoms. The van der Waals surface area contributed by atoms with Gasteiger partial charge < -0.3 is 10.0 Å². The molecule has 7 heteroatoms. The van der Waals surface area contributed by atoms with Crippen molar-refractivity contribution < 1.29 is 14.7 Å². The molecule has 2 heterocycles. The maximum atomic E-state index is 12.3. The molecule has 0 fully saturated rings. The molecule has 2 aromatic rings. The Hall–Kier alpha value is -2.70. The van der Waals surface area contributed by atoms with E-state index in [1.807, 2.05) is 24.3 Å². The number of hydrogen-bond acceptors (Lipinski definition) is 4. The van der Waals surface area contributed by atoms with Gasteiger partial charge in [-0.15, -0.1) is 0 Å². The second-order valence-corrected chi connectivity index (χ2v) is 5.27. The average Bonchev–Trinajstić information content (AvgIpc) is 3.04. The fourth-order valence-corrected chi connectivity index (χ4v) is 2.72. The lowest BCUT2D eigenvalue weighted by Crippen LogP contribution is -2.40. The highest BCUT2D eigenvalue weighted by Gasteiger charge is 2.32. The van der Waals surface area contributed by atoms with Gasteiger partial charge >= 0.3 is 5.97 Å². The second kappa shape index (κ2) is 5.97. The number of amides is 1. The minimum atomic E-state index is -0.902. The van der Waals surface area contributed by atoms with Gasteiger partial charge in [-0.2, -0.15) is 5.10 Å². The lowest BCUT2D eigenvalue weighted by atomic mass is 9.89. The molecule has 114 valence electrons. The van der Waals surface area contributed by atoms with E-state index in [-0.39, 0.29) is 18.9 Å². The SMILES string of the molecule is O=C(O)[C@@H]1CN(C(=O)CCn2cncn2)Cc2ccccc21. The van der Waals surface area contributed by atoms with Crippen LogP contribution in [0.3, 0.4) is 0 Å². The van der Waals surface area contributed by atoms with Gasteiger partial charge in [-0.3, -0.25) is 14.3 Å². The van der Waals surface area contributed by atoms with Gasteiger partial charge in [-0.25, -0.2) is 4.98 Å². The first-order valence-electron chi connectivity index (χ1n) is 7.06. The third-order valence-electron chi connectivity index (χ3n) is 3.87. The van der Waals surface area contributed by atoms with Crippen LogP contribution in [0.5, 0.6) is 0 Å². The molecule has 0 radical (unpaired) electrons. The van der Waals surface area contributed by atoms with Gasteiger partial charge in [0.05, 0.1) is 12.5 Å². The van der Waals surface area contributed by atoms with Crippen molar-refractivity contribution in [1.82, 2.24) is 19.7 Å². The van der Waals surface area contributed by atoms with Gasteiger partial charge in [-0.1, -0.05) is 24.3 Å². The van der Waals surface area contributed by atoms with Crippen LogP contribution in [0.2, 0.25) is 0 Å². The number of carbonyl (C=O) groups excluding carboxylic acids is 1. The molecule has 1 aliphatic rings. The molecule has 1 aromatic carbocycles. The second-order valence-electron chi connectivity index (χ2n) is 5.27. The van der Waals surface area contributed by atoms with Crippen LogP contribution < -0.4 is 0 Å². The Labute approximate surface area is 127 Å². The molecule has 0 unspecified atom stereocenters. The number of rotatable bonds is 4. The molecule has 0 saturated heterocycles. The summed E-state index contributed by atoms with van der Waals surface area (Å²) >= 11 is 0. The number of aryl methyl sites for hydroxylation is 1. The smallest absolute Gasteiger partial charge is 0.312 e. The maximum absolute atomic E-state index is 12.3. The van der Waals surface area contributed by atoms with E-state index in [1.165, 1.54) is 6.33 Å². The van der Waals surface area contributed by atoms with Crippen molar-refractivity contribution in [2.45, 2.75) is 25.4 Å². The van der Waals surface area contributed by atoms with Crippen molar-refractivity contribution in [1.29, 1.82) is 0 Å². The summed E-state index contributed by atoms with van der Waals surface area (Å²) in [4.78, 5) is 29.2. The number of aliphatic carboxylic acids is 1. The number of benzene rings is 1. The number of fused-ring (bicyclic) bond motifs is 1. The minimum Gasteiger partial charge on any atom is -0.481 e. The zero-order valence-electron chi connectivity index (χ0n) is 11.9. The molecule has 22 heavy (non-hydrogen) atoms. The fraction of sp³-hybridized carbons (Fsp3) is 0.333. The molecular weight excluding hydrogens is 284 g/mol. The first kappa shape index (κ1) is 14.2. The van der Waals surface area contributed by atoms with Crippen molar-refractivity contribution in [3.8, 4) is 0 Å². The van der Waals surface area contributed by atoms with Crippen LogP contribution in [0, 0.1) is 0 Å². The summed E-state index contributed by atoms with van der Waals surface area (Å²) in [7, 11) is 0. The lowest BCUT2D eigenvalue weighted by Gasteiger charge is -2.32. The summed E-state index contributed by atoms with van der Waals surface area (Å²) in [5.74, 6) is -1.64. The highest BCUT2D eigenvalue weighted by Crippen LogP contribution is 2.28. The molecular formula is C15H16N4O3. The predicted molar refractivity (Wildman–Crippen MR) is 76.9 cm³/mol. The first-order chi connectivity index (χ1) is 10.6. The molecule has 7 nitrogen and oxygen atoms in total. The van der Waals surface area contributed by atoms with Gasteiger partial charge in [-0.05, 0) is 11.1 Å². The summed E-state index contributed by atoms with van der Waals surface area (Å²) in [6, 6.07) is 7.39. The Morgan fingerprint density at radius 3 is 2.86 bits per heavy atom. The highest BCUT2D eigenvalue weighted by molar-refractivity contribution is 5.81. The van der Waals surface area contributed by atoms with Crippen LogP contribution in [0.4, 0.5) is 0 Å². The fourth-order valence-electron chi connectivity index (χ4n) is 2.72. The molecule has 0 saturated carbocycles. The summed E-state index contributed by atoms with van der Waals surface area (Å²) in [6.45, 7) is 1.10. The van der Waals surface area contributed by atoms with Crippen LogP contribution in [-0.2, 0) is 22.7 Å². The van der Waals surface area contributed by atoms with Crippen molar-refractivity contribution in [3.05, 3.63) is 48.0 Å². The maximum Gasteiger partial charge on any atom is 0.312 e. The van der Waals surface area contributed by atoms with Crippen molar-refractivity contribution in [2.24, 2.45) is 0 Å². The third kappa shape index (κ3) is 2.83. The van der Waals surface area contributed by atoms with E-state index in [0.717, 1.165) is 11.1 Å². The van der Waals surface area contributed by atoms with Crippen LogP contribution >= 0.6 is 0 Å².